The van der Waals surface area contributed by atoms with Gasteiger partial charge in [-0.25, -0.2) is 0 Å². The van der Waals surface area contributed by atoms with Gasteiger partial charge in [-0.05, 0) is 24.3 Å². The molecule has 22 heavy (non-hydrogen) atoms. The van der Waals surface area contributed by atoms with E-state index in [2.05, 4.69) is 0 Å². The molecule has 2 aromatic rings. The molecule has 4 heteroatoms. The second kappa shape index (κ2) is 6.43. The summed E-state index contributed by atoms with van der Waals surface area (Å²) in [6, 6.07) is 12.7. The fraction of sp³-hybridized carbons (Fsp3) is 0.222. The Bertz CT molecular complexity index is 706. The molecule has 0 radical (unpaired) electrons. The van der Waals surface area contributed by atoms with E-state index in [1.807, 2.05) is 51.3 Å². The number of benzene rings is 2. The summed E-state index contributed by atoms with van der Waals surface area (Å²) in [5.74, 6) is -0.0869. The Morgan fingerprint density at radius 1 is 0.955 bits per heavy atom. The van der Waals surface area contributed by atoms with Gasteiger partial charge < -0.3 is 9.80 Å². The Labute approximate surface area is 131 Å². The molecule has 2 rings (SSSR count). The number of hydrogen-bond acceptors (Lipinski definition) is 4. The number of rotatable bonds is 5. The highest BCUT2D eigenvalue weighted by Crippen LogP contribution is 2.26. The minimum Gasteiger partial charge on any atom is -0.378 e. The lowest BCUT2D eigenvalue weighted by Crippen LogP contribution is -2.17. The normalized spacial score (nSPS) is 10.2. The van der Waals surface area contributed by atoms with Crippen molar-refractivity contribution >= 4 is 23.4 Å². The van der Waals surface area contributed by atoms with E-state index in [9.17, 15) is 9.59 Å². The van der Waals surface area contributed by atoms with E-state index in [4.69, 9.17) is 0 Å². The van der Waals surface area contributed by atoms with Gasteiger partial charge in [-0.2, -0.15) is 0 Å². The quantitative estimate of drug-likeness (QED) is 0.628. The molecule has 0 aliphatic heterocycles. The number of carbonyl (C=O) groups excluding carboxylic acids is 2. The number of ketones is 1. The Kier molecular flexibility index (Phi) is 4.61. The summed E-state index contributed by atoms with van der Waals surface area (Å²) < 4.78 is 0. The molecule has 0 aromatic heterocycles. The first-order valence-electron chi connectivity index (χ1n) is 7.03. The summed E-state index contributed by atoms with van der Waals surface area (Å²) in [7, 11) is 7.52. The van der Waals surface area contributed by atoms with Crippen LogP contribution < -0.4 is 9.80 Å². The highest BCUT2D eigenvalue weighted by atomic mass is 16.1. The third-order valence-corrected chi connectivity index (χ3v) is 3.51. The van der Waals surface area contributed by atoms with Gasteiger partial charge in [-0.15, -0.1) is 0 Å². The molecule has 2 aromatic carbocycles. The molecule has 0 atom stereocenters. The first-order valence-corrected chi connectivity index (χ1v) is 7.03. The van der Waals surface area contributed by atoms with Crippen LogP contribution in [-0.2, 0) is 0 Å². The maximum atomic E-state index is 12.9. The molecule has 0 unspecified atom stereocenters. The van der Waals surface area contributed by atoms with Crippen LogP contribution in [0.3, 0.4) is 0 Å². The van der Waals surface area contributed by atoms with Crippen LogP contribution in [-0.4, -0.2) is 40.3 Å². The summed E-state index contributed by atoms with van der Waals surface area (Å²) in [5, 5.41) is 0. The highest BCUT2D eigenvalue weighted by Gasteiger charge is 2.18. The summed E-state index contributed by atoms with van der Waals surface area (Å²) in [4.78, 5) is 27.8. The molecular formula is C18H20N2O2. The van der Waals surface area contributed by atoms with Gasteiger partial charge >= 0.3 is 0 Å². The van der Waals surface area contributed by atoms with Crippen molar-refractivity contribution in [2.75, 3.05) is 38.0 Å². The average molecular weight is 296 g/mol. The van der Waals surface area contributed by atoms with Crippen LogP contribution in [0.2, 0.25) is 0 Å². The molecule has 0 aliphatic rings. The molecule has 0 spiro atoms. The minimum atomic E-state index is -0.0869. The summed E-state index contributed by atoms with van der Waals surface area (Å²) in [5.41, 5.74) is 3.27. The smallest absolute Gasteiger partial charge is 0.195 e. The number of nitrogens with zero attached hydrogens (tertiary/aromatic N) is 2. The Hall–Kier alpha value is -2.62. The fourth-order valence-electron chi connectivity index (χ4n) is 2.42. The molecule has 0 aliphatic carbocycles. The van der Waals surface area contributed by atoms with Crippen molar-refractivity contribution in [2.45, 2.75) is 0 Å². The predicted molar refractivity (Wildman–Crippen MR) is 90.4 cm³/mol. The zero-order chi connectivity index (χ0) is 16.3. The van der Waals surface area contributed by atoms with E-state index >= 15 is 0 Å². The standard InChI is InChI=1S/C18H20N2O2/c1-19(2)15-9-5-7-13(11-15)18(22)16-10-6-8-14(12-21)17(16)20(3)4/h5-12H,1-4H3. The SMILES string of the molecule is CN(C)c1cccc(C(=O)c2cccc(C=O)c2N(C)C)c1. The fourth-order valence-corrected chi connectivity index (χ4v) is 2.42. The largest absolute Gasteiger partial charge is 0.378 e. The van der Waals surface area contributed by atoms with Crippen LogP contribution in [0.15, 0.2) is 42.5 Å². The molecule has 0 saturated carbocycles. The molecule has 0 fully saturated rings. The molecule has 4 nitrogen and oxygen atoms in total. The number of carbonyl (C=O) groups is 2. The van der Waals surface area contributed by atoms with Gasteiger partial charge in [-0.1, -0.05) is 18.2 Å². The highest BCUT2D eigenvalue weighted by molar-refractivity contribution is 6.14. The number of anilines is 2. The van der Waals surface area contributed by atoms with E-state index in [0.29, 0.717) is 22.4 Å². The van der Waals surface area contributed by atoms with Gasteiger partial charge in [0.25, 0.3) is 0 Å². The van der Waals surface area contributed by atoms with Gasteiger partial charge in [0, 0.05) is 50.6 Å². The maximum absolute atomic E-state index is 12.9. The van der Waals surface area contributed by atoms with Crippen LogP contribution in [0, 0.1) is 0 Å². The third-order valence-electron chi connectivity index (χ3n) is 3.51. The van der Waals surface area contributed by atoms with Crippen molar-refractivity contribution in [3.8, 4) is 0 Å². The molecular weight excluding hydrogens is 276 g/mol. The molecule has 0 amide bonds. The third kappa shape index (κ3) is 3.01. The van der Waals surface area contributed by atoms with E-state index in [1.165, 1.54) is 0 Å². The van der Waals surface area contributed by atoms with Crippen molar-refractivity contribution in [1.82, 2.24) is 0 Å². The van der Waals surface area contributed by atoms with E-state index in [1.54, 1.807) is 29.2 Å². The zero-order valence-electron chi connectivity index (χ0n) is 13.3. The monoisotopic (exact) mass is 296 g/mol. The molecule has 0 N–H and O–H groups in total. The summed E-state index contributed by atoms with van der Waals surface area (Å²) >= 11 is 0. The van der Waals surface area contributed by atoms with Crippen LogP contribution in [0.1, 0.15) is 26.3 Å². The summed E-state index contributed by atoms with van der Waals surface area (Å²) in [6.07, 6.45) is 0.780. The minimum absolute atomic E-state index is 0.0869. The van der Waals surface area contributed by atoms with Crippen molar-refractivity contribution in [3.63, 3.8) is 0 Å². The Morgan fingerprint density at radius 3 is 2.23 bits per heavy atom. The average Bonchev–Trinajstić information content (AvgIpc) is 2.53. The van der Waals surface area contributed by atoms with E-state index < -0.39 is 0 Å². The van der Waals surface area contributed by atoms with Crippen molar-refractivity contribution in [2.24, 2.45) is 0 Å². The topological polar surface area (TPSA) is 40.6 Å². The van der Waals surface area contributed by atoms with Crippen LogP contribution in [0.25, 0.3) is 0 Å². The van der Waals surface area contributed by atoms with Crippen LogP contribution >= 0.6 is 0 Å². The second-order valence-corrected chi connectivity index (χ2v) is 5.53. The van der Waals surface area contributed by atoms with Gasteiger partial charge in [-0.3, -0.25) is 9.59 Å². The Balaban J connectivity index is 2.54. The van der Waals surface area contributed by atoms with Gasteiger partial charge in [0.1, 0.15) is 0 Å². The zero-order valence-corrected chi connectivity index (χ0v) is 13.3. The van der Waals surface area contributed by atoms with Crippen molar-refractivity contribution in [3.05, 3.63) is 59.2 Å². The lowest BCUT2D eigenvalue weighted by Gasteiger charge is -2.19. The summed E-state index contributed by atoms with van der Waals surface area (Å²) in [6.45, 7) is 0. The van der Waals surface area contributed by atoms with Crippen LogP contribution in [0.4, 0.5) is 11.4 Å². The van der Waals surface area contributed by atoms with Gasteiger partial charge in [0.05, 0.1) is 5.69 Å². The van der Waals surface area contributed by atoms with Crippen molar-refractivity contribution < 1.29 is 9.59 Å². The predicted octanol–water partition coefficient (Wildman–Crippen LogP) is 2.86. The first kappa shape index (κ1) is 15.8. The van der Waals surface area contributed by atoms with Gasteiger partial charge in [0.15, 0.2) is 12.1 Å². The number of hydrogen-bond donors (Lipinski definition) is 0. The Morgan fingerprint density at radius 2 is 1.64 bits per heavy atom. The van der Waals surface area contributed by atoms with Crippen LogP contribution in [0.5, 0.6) is 0 Å². The van der Waals surface area contributed by atoms with Gasteiger partial charge in [0.2, 0.25) is 0 Å². The molecule has 0 saturated heterocycles. The molecule has 0 bridgehead atoms. The number of aldehydes is 1. The maximum Gasteiger partial charge on any atom is 0.195 e. The lowest BCUT2D eigenvalue weighted by atomic mass is 9.98. The molecule has 0 heterocycles. The van der Waals surface area contributed by atoms with E-state index in [-0.39, 0.29) is 5.78 Å². The first-order chi connectivity index (χ1) is 10.5. The number of para-hydroxylation sites is 1. The lowest BCUT2D eigenvalue weighted by molar-refractivity contribution is 0.103. The van der Waals surface area contributed by atoms with E-state index in [0.717, 1.165) is 12.0 Å². The molecule has 114 valence electrons. The van der Waals surface area contributed by atoms with Crippen molar-refractivity contribution in [1.29, 1.82) is 0 Å². The second-order valence-electron chi connectivity index (χ2n) is 5.53.